The van der Waals surface area contributed by atoms with Gasteiger partial charge in [-0.2, -0.15) is 12.7 Å². The van der Waals surface area contributed by atoms with Crippen molar-refractivity contribution in [2.24, 2.45) is 11.1 Å². The van der Waals surface area contributed by atoms with Gasteiger partial charge in [-0.05, 0) is 38.1 Å². The Balaban J connectivity index is 1.71. The van der Waals surface area contributed by atoms with Crippen LogP contribution in [-0.2, 0) is 10.2 Å². The Morgan fingerprint density at radius 3 is 2.27 bits per heavy atom. The Kier molecular flexibility index (Phi) is 3.30. The van der Waals surface area contributed by atoms with Crippen molar-refractivity contribution in [2.75, 3.05) is 19.6 Å². The molecular weight excluding hydrogens is 214 g/mol. The van der Waals surface area contributed by atoms with Gasteiger partial charge in [0, 0.05) is 19.1 Å². The SMILES string of the molecule is NS(=O)(=O)N1CCC(CNC2CC2)CC1. The average Bonchev–Trinajstić information content (AvgIpc) is 2.97. The highest BCUT2D eigenvalue weighted by Crippen LogP contribution is 2.22. The lowest BCUT2D eigenvalue weighted by atomic mass is 9.98. The van der Waals surface area contributed by atoms with Crippen LogP contribution in [0.4, 0.5) is 0 Å². The molecule has 15 heavy (non-hydrogen) atoms. The summed E-state index contributed by atoms with van der Waals surface area (Å²) >= 11 is 0. The monoisotopic (exact) mass is 233 g/mol. The van der Waals surface area contributed by atoms with Crippen molar-refractivity contribution in [1.82, 2.24) is 9.62 Å². The van der Waals surface area contributed by atoms with Crippen LogP contribution in [0.15, 0.2) is 0 Å². The van der Waals surface area contributed by atoms with E-state index in [0.717, 1.165) is 25.4 Å². The quantitative estimate of drug-likeness (QED) is 0.697. The fraction of sp³-hybridized carbons (Fsp3) is 1.00. The van der Waals surface area contributed by atoms with E-state index in [4.69, 9.17) is 5.14 Å². The van der Waals surface area contributed by atoms with E-state index in [1.165, 1.54) is 17.1 Å². The number of nitrogens with zero attached hydrogens (tertiary/aromatic N) is 1. The topological polar surface area (TPSA) is 75.4 Å². The Hall–Kier alpha value is -0.170. The van der Waals surface area contributed by atoms with Gasteiger partial charge < -0.3 is 5.32 Å². The minimum absolute atomic E-state index is 0.579. The number of nitrogens with two attached hydrogens (primary N) is 1. The van der Waals surface area contributed by atoms with E-state index in [1.54, 1.807) is 0 Å². The third-order valence-electron chi connectivity index (χ3n) is 3.21. The van der Waals surface area contributed by atoms with Crippen molar-refractivity contribution in [1.29, 1.82) is 0 Å². The predicted molar refractivity (Wildman–Crippen MR) is 58.4 cm³/mol. The first-order valence-electron chi connectivity index (χ1n) is 5.57. The van der Waals surface area contributed by atoms with Crippen LogP contribution in [0.3, 0.4) is 0 Å². The Morgan fingerprint density at radius 1 is 1.20 bits per heavy atom. The van der Waals surface area contributed by atoms with Crippen LogP contribution in [0.25, 0.3) is 0 Å². The van der Waals surface area contributed by atoms with Gasteiger partial charge in [-0.3, -0.25) is 0 Å². The first-order chi connectivity index (χ1) is 7.05. The predicted octanol–water partition coefficient (Wildman–Crippen LogP) is -0.346. The van der Waals surface area contributed by atoms with E-state index in [2.05, 4.69) is 5.32 Å². The minimum Gasteiger partial charge on any atom is -0.314 e. The Bertz CT molecular complexity index is 305. The second-order valence-corrected chi connectivity index (χ2v) is 6.12. The first-order valence-corrected chi connectivity index (χ1v) is 7.07. The Labute approximate surface area is 91.2 Å². The summed E-state index contributed by atoms with van der Waals surface area (Å²) < 4.78 is 23.5. The molecule has 3 N–H and O–H groups in total. The maximum absolute atomic E-state index is 11.1. The molecule has 5 nitrogen and oxygen atoms in total. The van der Waals surface area contributed by atoms with Gasteiger partial charge in [0.15, 0.2) is 0 Å². The summed E-state index contributed by atoms with van der Waals surface area (Å²) in [6, 6.07) is 0.737. The zero-order valence-electron chi connectivity index (χ0n) is 8.85. The summed E-state index contributed by atoms with van der Waals surface area (Å²) in [4.78, 5) is 0. The van der Waals surface area contributed by atoms with Crippen molar-refractivity contribution >= 4 is 10.2 Å². The van der Waals surface area contributed by atoms with Crippen LogP contribution >= 0.6 is 0 Å². The molecule has 6 heteroatoms. The van der Waals surface area contributed by atoms with Gasteiger partial charge in [-0.1, -0.05) is 0 Å². The maximum atomic E-state index is 11.1. The molecule has 1 aliphatic carbocycles. The molecular formula is C9H19N3O2S. The summed E-state index contributed by atoms with van der Waals surface area (Å²) in [7, 11) is -3.46. The molecule has 2 fully saturated rings. The molecule has 0 radical (unpaired) electrons. The molecule has 2 rings (SSSR count). The molecule has 0 spiro atoms. The molecule has 0 amide bonds. The standard InChI is InChI=1S/C9H19N3O2S/c10-15(13,14)12-5-3-8(4-6-12)7-11-9-1-2-9/h8-9,11H,1-7H2,(H2,10,13,14). The van der Waals surface area contributed by atoms with Gasteiger partial charge in [0.2, 0.25) is 0 Å². The molecule has 0 aromatic heterocycles. The van der Waals surface area contributed by atoms with Gasteiger partial charge in [-0.25, -0.2) is 5.14 Å². The molecule has 0 aromatic rings. The maximum Gasteiger partial charge on any atom is 0.276 e. The second-order valence-electron chi connectivity index (χ2n) is 4.57. The summed E-state index contributed by atoms with van der Waals surface area (Å²) in [5.41, 5.74) is 0. The highest BCUT2D eigenvalue weighted by Gasteiger charge is 2.27. The van der Waals surface area contributed by atoms with Gasteiger partial charge in [0.1, 0.15) is 0 Å². The number of hydrogen-bond donors (Lipinski definition) is 2. The van der Waals surface area contributed by atoms with Gasteiger partial charge >= 0.3 is 0 Å². The van der Waals surface area contributed by atoms with Crippen molar-refractivity contribution in [2.45, 2.75) is 31.7 Å². The summed E-state index contributed by atoms with van der Waals surface area (Å²) in [5.74, 6) is 0.614. The summed E-state index contributed by atoms with van der Waals surface area (Å²) in [6.45, 7) is 2.19. The highest BCUT2D eigenvalue weighted by molar-refractivity contribution is 7.86. The van der Waals surface area contributed by atoms with E-state index in [-0.39, 0.29) is 0 Å². The second kappa shape index (κ2) is 4.37. The molecule has 1 saturated carbocycles. The van der Waals surface area contributed by atoms with Gasteiger partial charge in [0.05, 0.1) is 0 Å². The van der Waals surface area contributed by atoms with Crippen LogP contribution in [0.2, 0.25) is 0 Å². The van der Waals surface area contributed by atoms with Crippen LogP contribution < -0.4 is 10.5 Å². The number of nitrogens with one attached hydrogen (secondary N) is 1. The van der Waals surface area contributed by atoms with Gasteiger partial charge in [0.25, 0.3) is 10.2 Å². The van der Waals surface area contributed by atoms with E-state index < -0.39 is 10.2 Å². The first kappa shape index (κ1) is 11.3. The smallest absolute Gasteiger partial charge is 0.276 e. The van der Waals surface area contributed by atoms with Crippen molar-refractivity contribution in [3.05, 3.63) is 0 Å². The third-order valence-corrected chi connectivity index (χ3v) is 4.29. The van der Waals surface area contributed by atoms with E-state index in [1.807, 2.05) is 0 Å². The van der Waals surface area contributed by atoms with Crippen LogP contribution in [-0.4, -0.2) is 38.4 Å². The molecule has 1 saturated heterocycles. The number of hydrogen-bond acceptors (Lipinski definition) is 3. The molecule has 1 heterocycles. The van der Waals surface area contributed by atoms with Crippen molar-refractivity contribution in [3.63, 3.8) is 0 Å². The van der Waals surface area contributed by atoms with Crippen LogP contribution in [0.1, 0.15) is 25.7 Å². The molecule has 0 atom stereocenters. The largest absolute Gasteiger partial charge is 0.314 e. The lowest BCUT2D eigenvalue weighted by Crippen LogP contribution is -2.43. The van der Waals surface area contributed by atoms with Gasteiger partial charge in [-0.15, -0.1) is 0 Å². The molecule has 1 aliphatic heterocycles. The van der Waals surface area contributed by atoms with E-state index >= 15 is 0 Å². The zero-order valence-corrected chi connectivity index (χ0v) is 9.67. The fourth-order valence-electron chi connectivity index (χ4n) is 1.99. The molecule has 2 aliphatic rings. The highest BCUT2D eigenvalue weighted by atomic mass is 32.2. The third kappa shape index (κ3) is 3.41. The normalized spacial score (nSPS) is 25.7. The van der Waals surface area contributed by atoms with Crippen molar-refractivity contribution < 1.29 is 8.42 Å². The van der Waals surface area contributed by atoms with E-state index in [0.29, 0.717) is 19.0 Å². The van der Waals surface area contributed by atoms with E-state index in [9.17, 15) is 8.42 Å². The molecule has 0 aromatic carbocycles. The van der Waals surface area contributed by atoms with Crippen LogP contribution in [0, 0.1) is 5.92 Å². The molecule has 0 bridgehead atoms. The Morgan fingerprint density at radius 2 is 1.80 bits per heavy atom. The number of piperidine rings is 1. The molecule has 88 valence electrons. The van der Waals surface area contributed by atoms with Crippen LogP contribution in [0.5, 0.6) is 0 Å². The lowest BCUT2D eigenvalue weighted by molar-refractivity contribution is 0.267. The molecule has 0 unspecified atom stereocenters. The zero-order chi connectivity index (χ0) is 10.9. The van der Waals surface area contributed by atoms with Crippen molar-refractivity contribution in [3.8, 4) is 0 Å². The summed E-state index contributed by atoms with van der Waals surface area (Å²) in [5, 5.41) is 8.55. The summed E-state index contributed by atoms with van der Waals surface area (Å²) in [6.07, 6.45) is 4.46. The lowest BCUT2D eigenvalue weighted by Gasteiger charge is -2.29. The fourth-order valence-corrected chi connectivity index (χ4v) is 2.71. The number of rotatable bonds is 4. The average molecular weight is 233 g/mol. The minimum atomic E-state index is -3.46.